The number of anilines is 1. The third-order valence-corrected chi connectivity index (χ3v) is 8.36. The molecule has 4 N–H and O–H groups in total. The fraction of sp³-hybridized carbons (Fsp3) is 0.478. The van der Waals surface area contributed by atoms with E-state index in [2.05, 4.69) is 10.6 Å². The van der Waals surface area contributed by atoms with Crippen molar-refractivity contribution in [3.05, 3.63) is 40.3 Å². The van der Waals surface area contributed by atoms with Gasteiger partial charge in [-0.25, -0.2) is 4.79 Å². The van der Waals surface area contributed by atoms with Crippen molar-refractivity contribution >= 4 is 41.1 Å². The Balaban J connectivity index is 0.00000324. The number of Topliss-reactive ketones (excluding diaryl/α,β-unsaturated/α-hetero) is 1. The van der Waals surface area contributed by atoms with Crippen LogP contribution in [0.5, 0.6) is 0 Å². The molecule has 1 heterocycles. The Morgan fingerprint density at radius 2 is 2.00 bits per heavy atom. The van der Waals surface area contributed by atoms with Crippen molar-refractivity contribution in [1.29, 1.82) is 0 Å². The number of fused-ring (bicyclic) bond motifs is 1. The average molecular weight is 497 g/mol. The van der Waals surface area contributed by atoms with Crippen LogP contribution in [0, 0.1) is 23.7 Å². The summed E-state index contributed by atoms with van der Waals surface area (Å²) in [4.78, 5) is 48.9. The second kappa shape index (κ2) is 10.5. The first-order valence-corrected chi connectivity index (χ1v) is 11.7. The molecule has 0 radical (unpaired) electrons. The molecule has 0 spiro atoms. The van der Waals surface area contributed by atoms with Crippen LogP contribution in [0.4, 0.5) is 5.69 Å². The first-order valence-electron chi connectivity index (χ1n) is 10.8. The maximum Gasteiger partial charge on any atom is 1.00 e. The Labute approximate surface area is 223 Å². The van der Waals surface area contributed by atoms with E-state index in [4.69, 9.17) is 0 Å². The summed E-state index contributed by atoms with van der Waals surface area (Å²) in [7, 11) is 0. The van der Waals surface area contributed by atoms with Crippen LogP contribution in [0.15, 0.2) is 34.7 Å². The van der Waals surface area contributed by atoms with Gasteiger partial charge in [-0.05, 0) is 47.8 Å². The number of allylic oxidation sites excluding steroid dienone is 1. The monoisotopic (exact) mass is 496 g/mol. The molecule has 2 aliphatic carbocycles. The molecule has 176 valence electrons. The number of hydrogen-bond acceptors (Lipinski definition) is 8. The van der Waals surface area contributed by atoms with E-state index in [0.717, 1.165) is 0 Å². The van der Waals surface area contributed by atoms with Crippen LogP contribution in [0.1, 0.15) is 30.6 Å². The molecule has 1 aliphatic heterocycles. The Hall–Kier alpha value is -1.69. The first-order chi connectivity index (χ1) is 15.6. The van der Waals surface area contributed by atoms with E-state index in [1.165, 1.54) is 30.0 Å². The molecule has 1 unspecified atom stereocenters. The number of aromatic carboxylic acids is 1. The van der Waals surface area contributed by atoms with E-state index in [9.17, 15) is 34.5 Å². The minimum Gasteiger partial charge on any atom is -0.545 e. The molecule has 0 aromatic heterocycles. The zero-order valence-electron chi connectivity index (χ0n) is 19.1. The first kappa shape index (κ1) is 26.9. The maximum atomic E-state index is 12.7. The number of nitrogens with one attached hydrogen (secondary N) is 2. The second-order valence-electron chi connectivity index (χ2n) is 8.89. The Kier molecular flexibility index (Phi) is 8.32. The second-order valence-corrected chi connectivity index (χ2v) is 10.2. The van der Waals surface area contributed by atoms with Crippen LogP contribution in [-0.2, 0) is 14.4 Å². The van der Waals surface area contributed by atoms with E-state index in [0.29, 0.717) is 23.6 Å². The smallest absolute Gasteiger partial charge is 0.545 e. The zero-order valence-corrected chi connectivity index (χ0v) is 21.9. The standard InChI is InChI=1S/C23H26N2O7S.Na/c1-9-15-16(10(2)26)19(27)17(15)18(23(31)32)20(9)33-13-7-14(24-8-13)21(28)25-12-5-3-4-11(6-12)22(29)30;/h3-6,9-10,13-17,24,26H,7-8H2,1-2H3,(H,25,28)(H,29,30)(H,31,32);/q;+1/p-1/t9-,10-,13+,14+,15-,16-,17?;/m1./s1. The average Bonchev–Trinajstić information content (AvgIpc) is 3.30. The van der Waals surface area contributed by atoms with Crippen molar-refractivity contribution in [2.24, 2.45) is 23.7 Å². The van der Waals surface area contributed by atoms with Crippen molar-refractivity contribution in [2.45, 2.75) is 37.7 Å². The molecule has 7 atom stereocenters. The van der Waals surface area contributed by atoms with Gasteiger partial charge < -0.3 is 30.7 Å². The fourth-order valence-electron chi connectivity index (χ4n) is 5.28. The molecule has 11 heteroatoms. The molecule has 9 nitrogen and oxygen atoms in total. The molecule has 0 bridgehead atoms. The van der Waals surface area contributed by atoms with Gasteiger partial charge in [0, 0.05) is 23.4 Å². The molecule has 34 heavy (non-hydrogen) atoms. The van der Waals surface area contributed by atoms with Gasteiger partial charge in [-0.1, -0.05) is 19.1 Å². The number of amides is 1. The van der Waals surface area contributed by atoms with Crippen LogP contribution in [0.2, 0.25) is 0 Å². The number of carboxylic acid groups (broad SMARTS) is 2. The predicted octanol–water partition coefficient (Wildman–Crippen LogP) is -2.74. The van der Waals surface area contributed by atoms with E-state index in [1.807, 2.05) is 6.92 Å². The number of carbonyl (C=O) groups is 4. The quantitative estimate of drug-likeness (QED) is 0.294. The van der Waals surface area contributed by atoms with Crippen LogP contribution in [0.25, 0.3) is 0 Å². The van der Waals surface area contributed by atoms with Crippen molar-refractivity contribution in [2.75, 3.05) is 11.9 Å². The number of thioether (sulfide) groups is 1. The summed E-state index contributed by atoms with van der Waals surface area (Å²) in [6, 6.07) is 5.27. The summed E-state index contributed by atoms with van der Waals surface area (Å²) >= 11 is 1.39. The molecule has 1 saturated heterocycles. The number of aliphatic hydroxyl groups excluding tert-OH is 1. The summed E-state index contributed by atoms with van der Waals surface area (Å²) in [5.41, 5.74) is 0.439. The number of carbonyl (C=O) groups excluding carboxylic acids is 3. The molecule has 3 aliphatic rings. The number of carboxylic acids is 2. The Morgan fingerprint density at radius 1 is 1.29 bits per heavy atom. The molecule has 1 aromatic carbocycles. The van der Waals surface area contributed by atoms with E-state index < -0.39 is 35.9 Å². The van der Waals surface area contributed by atoms with Crippen molar-refractivity contribution in [3.63, 3.8) is 0 Å². The molecular weight excluding hydrogens is 471 g/mol. The van der Waals surface area contributed by atoms with Crippen molar-refractivity contribution < 1.29 is 64.1 Å². The number of aliphatic carboxylic acids is 1. The van der Waals surface area contributed by atoms with Gasteiger partial charge in [-0.15, -0.1) is 11.8 Å². The summed E-state index contributed by atoms with van der Waals surface area (Å²) < 4.78 is 0. The van der Waals surface area contributed by atoms with Gasteiger partial charge in [0.05, 0.1) is 29.6 Å². The van der Waals surface area contributed by atoms with Gasteiger partial charge >= 0.3 is 35.5 Å². The molecule has 2 fully saturated rings. The van der Waals surface area contributed by atoms with Crippen LogP contribution < -0.4 is 45.3 Å². The van der Waals surface area contributed by atoms with Gasteiger partial charge in [-0.2, -0.15) is 0 Å². The van der Waals surface area contributed by atoms with E-state index in [-0.39, 0.29) is 69.5 Å². The van der Waals surface area contributed by atoms with Gasteiger partial charge in [0.2, 0.25) is 5.91 Å². The number of aliphatic hydroxyl groups is 1. The zero-order chi connectivity index (χ0) is 24.0. The minimum absolute atomic E-state index is 0. The van der Waals surface area contributed by atoms with Crippen LogP contribution in [-0.4, -0.2) is 57.8 Å². The van der Waals surface area contributed by atoms with Crippen LogP contribution >= 0.6 is 11.8 Å². The molecule has 1 saturated carbocycles. The molecular formula is C23H25N2NaO7S. The van der Waals surface area contributed by atoms with Gasteiger partial charge in [0.15, 0.2) is 0 Å². The third-order valence-electron chi connectivity index (χ3n) is 6.82. The number of hydrogen-bond donors (Lipinski definition) is 4. The third kappa shape index (κ3) is 4.84. The van der Waals surface area contributed by atoms with Crippen molar-refractivity contribution in [3.8, 4) is 0 Å². The van der Waals surface area contributed by atoms with Gasteiger partial charge in [0.25, 0.3) is 0 Å². The van der Waals surface area contributed by atoms with E-state index in [1.54, 1.807) is 13.0 Å². The summed E-state index contributed by atoms with van der Waals surface area (Å²) in [5, 5.41) is 36.5. The topological polar surface area (TPSA) is 156 Å². The summed E-state index contributed by atoms with van der Waals surface area (Å²) in [5.74, 6) is -4.57. The van der Waals surface area contributed by atoms with Gasteiger partial charge in [0.1, 0.15) is 5.78 Å². The maximum absolute atomic E-state index is 12.7. The summed E-state index contributed by atoms with van der Waals surface area (Å²) in [6.07, 6.45) is -0.375. The number of benzene rings is 1. The minimum atomic E-state index is -1.33. The van der Waals surface area contributed by atoms with Crippen LogP contribution in [0.3, 0.4) is 0 Å². The summed E-state index contributed by atoms with van der Waals surface area (Å²) in [6.45, 7) is 3.94. The fourth-order valence-corrected chi connectivity index (χ4v) is 6.82. The largest absolute Gasteiger partial charge is 1.00 e. The molecule has 4 rings (SSSR count). The Morgan fingerprint density at radius 3 is 2.62 bits per heavy atom. The Bertz CT molecular complexity index is 1060. The number of ketones is 1. The molecule has 1 amide bonds. The van der Waals surface area contributed by atoms with Gasteiger partial charge in [-0.3, -0.25) is 9.59 Å². The predicted molar refractivity (Wildman–Crippen MR) is 118 cm³/mol. The molecule has 1 aromatic rings. The normalized spacial score (nSPS) is 30.7. The SMILES string of the molecule is C[C@@H](O)[C@H]1C(=O)C2C(C(=O)O)=C(S[C@@H]3CN[C@H](C(=O)Nc4cccc(C(=O)[O-])c4)C3)[C@H](C)[C@@H]21.[Na+]. The van der Waals surface area contributed by atoms with Crippen molar-refractivity contribution in [1.82, 2.24) is 5.32 Å². The van der Waals surface area contributed by atoms with E-state index >= 15 is 0 Å². The number of rotatable bonds is 7.